The number of hydrogen-bond donors (Lipinski definition) is 2. The van der Waals surface area contributed by atoms with Gasteiger partial charge in [-0.2, -0.15) is 0 Å². The summed E-state index contributed by atoms with van der Waals surface area (Å²) in [6.07, 6.45) is 4.10. The van der Waals surface area contributed by atoms with Crippen LogP contribution in [0.4, 0.5) is 17.1 Å². The lowest BCUT2D eigenvalue weighted by Crippen LogP contribution is -2.24. The van der Waals surface area contributed by atoms with Crippen molar-refractivity contribution in [3.63, 3.8) is 0 Å². The van der Waals surface area contributed by atoms with Crippen molar-refractivity contribution in [1.29, 1.82) is 0 Å². The summed E-state index contributed by atoms with van der Waals surface area (Å²) in [5.74, 6) is 0.666. The number of nitrogens with one attached hydrogen (secondary N) is 2. The molecule has 2 rings (SSSR count). The molecular formula is C21H37N3O2. The first-order chi connectivity index (χ1) is 12.5. The van der Waals surface area contributed by atoms with Crippen LogP contribution in [0.1, 0.15) is 47.5 Å². The molecule has 0 aliphatic carbocycles. The molecule has 0 radical (unpaired) electrons. The molecule has 5 heteroatoms. The quantitative estimate of drug-likeness (QED) is 0.630. The number of rotatable bonds is 8. The molecule has 0 saturated carbocycles. The molecule has 0 spiro atoms. The SMILES string of the molecule is CC.CCNc1ccc(NCC2CCOCC2)c(N=CC(C)(C)OC)c1. The van der Waals surface area contributed by atoms with Crippen molar-refractivity contribution < 1.29 is 9.47 Å². The van der Waals surface area contributed by atoms with E-state index in [1.54, 1.807) is 7.11 Å². The topological polar surface area (TPSA) is 54.9 Å². The Labute approximate surface area is 159 Å². The minimum atomic E-state index is -0.383. The smallest absolute Gasteiger partial charge is 0.0972 e. The highest BCUT2D eigenvalue weighted by atomic mass is 16.5. The predicted molar refractivity (Wildman–Crippen MR) is 113 cm³/mol. The second kappa shape index (κ2) is 11.9. The molecule has 0 bridgehead atoms. The molecule has 1 saturated heterocycles. The van der Waals surface area contributed by atoms with Crippen LogP contribution in [0.3, 0.4) is 0 Å². The molecule has 1 fully saturated rings. The van der Waals surface area contributed by atoms with Crippen molar-refractivity contribution in [3.05, 3.63) is 18.2 Å². The maximum atomic E-state index is 5.43. The third-order valence-corrected chi connectivity index (χ3v) is 4.34. The van der Waals surface area contributed by atoms with Gasteiger partial charge in [-0.1, -0.05) is 13.8 Å². The van der Waals surface area contributed by atoms with Gasteiger partial charge in [0.15, 0.2) is 0 Å². The van der Waals surface area contributed by atoms with Crippen LogP contribution in [0.25, 0.3) is 0 Å². The van der Waals surface area contributed by atoms with Crippen LogP contribution in [-0.2, 0) is 9.47 Å². The molecular weight excluding hydrogens is 326 g/mol. The molecule has 1 aliphatic heterocycles. The highest BCUT2D eigenvalue weighted by molar-refractivity contribution is 5.78. The van der Waals surface area contributed by atoms with Crippen LogP contribution in [0.15, 0.2) is 23.2 Å². The third kappa shape index (κ3) is 7.75. The van der Waals surface area contributed by atoms with Crippen molar-refractivity contribution >= 4 is 23.3 Å². The van der Waals surface area contributed by atoms with Crippen molar-refractivity contribution in [2.75, 3.05) is 44.0 Å². The Morgan fingerprint density at radius 1 is 1.23 bits per heavy atom. The summed E-state index contributed by atoms with van der Waals surface area (Å²) in [4.78, 5) is 4.68. The molecule has 1 aromatic carbocycles. The molecule has 0 atom stereocenters. The van der Waals surface area contributed by atoms with Crippen LogP contribution in [0.2, 0.25) is 0 Å². The number of ether oxygens (including phenoxy) is 2. The number of methoxy groups -OCH3 is 1. The lowest BCUT2D eigenvalue weighted by atomic mass is 10.0. The summed E-state index contributed by atoms with van der Waals surface area (Å²) < 4.78 is 10.9. The summed E-state index contributed by atoms with van der Waals surface area (Å²) >= 11 is 0. The molecule has 1 aromatic rings. The summed E-state index contributed by atoms with van der Waals surface area (Å²) in [5, 5.41) is 6.91. The van der Waals surface area contributed by atoms with E-state index in [9.17, 15) is 0 Å². The molecule has 1 heterocycles. The molecule has 148 valence electrons. The van der Waals surface area contributed by atoms with Gasteiger partial charge in [0.1, 0.15) is 0 Å². The molecule has 1 aliphatic rings. The number of benzene rings is 1. The fourth-order valence-corrected chi connectivity index (χ4v) is 2.58. The van der Waals surface area contributed by atoms with Gasteiger partial charge < -0.3 is 20.1 Å². The average Bonchev–Trinajstić information content (AvgIpc) is 2.68. The number of aliphatic imine (C=N–C) groups is 1. The highest BCUT2D eigenvalue weighted by Gasteiger charge is 2.15. The zero-order valence-electron chi connectivity index (χ0n) is 17.4. The Kier molecular flexibility index (Phi) is 10.3. The molecule has 0 unspecified atom stereocenters. The second-order valence-corrected chi connectivity index (χ2v) is 6.76. The fourth-order valence-electron chi connectivity index (χ4n) is 2.58. The van der Waals surface area contributed by atoms with Gasteiger partial charge in [-0.05, 0) is 57.7 Å². The molecule has 0 aromatic heterocycles. The maximum absolute atomic E-state index is 5.43. The standard InChI is InChI=1S/C19H31N3O2.C2H6/c1-5-20-16-6-7-17(21-13-15-8-10-24-11-9-15)18(12-16)22-14-19(2,3)23-4;1-2/h6-7,12,14-15,20-21H,5,8-11,13H2,1-4H3;1-2H3. The third-order valence-electron chi connectivity index (χ3n) is 4.34. The minimum absolute atomic E-state index is 0.383. The fraction of sp³-hybridized carbons (Fsp3) is 0.667. The molecule has 5 nitrogen and oxygen atoms in total. The van der Waals surface area contributed by atoms with Gasteiger partial charge >= 0.3 is 0 Å². The van der Waals surface area contributed by atoms with E-state index in [0.717, 1.165) is 56.2 Å². The largest absolute Gasteiger partial charge is 0.385 e. The van der Waals surface area contributed by atoms with E-state index in [2.05, 4.69) is 40.7 Å². The van der Waals surface area contributed by atoms with Crippen molar-refractivity contribution in [3.8, 4) is 0 Å². The number of hydrogen-bond acceptors (Lipinski definition) is 5. The zero-order valence-corrected chi connectivity index (χ0v) is 17.4. The summed E-state index contributed by atoms with van der Waals surface area (Å²) in [6, 6.07) is 6.28. The first-order valence-electron chi connectivity index (χ1n) is 9.84. The lowest BCUT2D eigenvalue weighted by molar-refractivity contribution is 0.0699. The number of anilines is 2. The van der Waals surface area contributed by atoms with Crippen molar-refractivity contribution in [1.82, 2.24) is 0 Å². The van der Waals surface area contributed by atoms with Crippen molar-refractivity contribution in [2.24, 2.45) is 10.9 Å². The Bertz CT molecular complexity index is 538. The molecule has 2 N–H and O–H groups in total. The van der Waals surface area contributed by atoms with Crippen LogP contribution in [0, 0.1) is 5.92 Å². The van der Waals surface area contributed by atoms with E-state index in [-0.39, 0.29) is 5.60 Å². The normalized spacial score (nSPS) is 15.5. The van der Waals surface area contributed by atoms with Gasteiger partial charge in [0, 0.05) is 45.3 Å². The van der Waals surface area contributed by atoms with E-state index in [1.165, 1.54) is 0 Å². The predicted octanol–water partition coefficient (Wildman–Crippen LogP) is 5.11. The first-order valence-corrected chi connectivity index (χ1v) is 9.84. The summed E-state index contributed by atoms with van der Waals surface area (Å²) in [5.41, 5.74) is 2.69. The van der Waals surface area contributed by atoms with Gasteiger partial charge in [-0.25, -0.2) is 0 Å². The van der Waals surface area contributed by atoms with E-state index in [1.807, 2.05) is 33.9 Å². The van der Waals surface area contributed by atoms with E-state index >= 15 is 0 Å². The monoisotopic (exact) mass is 363 g/mol. The van der Waals surface area contributed by atoms with Crippen LogP contribution >= 0.6 is 0 Å². The average molecular weight is 364 g/mol. The van der Waals surface area contributed by atoms with Gasteiger partial charge in [-0.3, -0.25) is 4.99 Å². The number of nitrogens with zero attached hydrogens (tertiary/aromatic N) is 1. The first kappa shape index (κ1) is 22.5. The second-order valence-electron chi connectivity index (χ2n) is 6.76. The minimum Gasteiger partial charge on any atom is -0.385 e. The van der Waals surface area contributed by atoms with E-state index in [0.29, 0.717) is 5.92 Å². The summed E-state index contributed by atoms with van der Waals surface area (Å²) in [6.45, 7) is 13.7. The van der Waals surface area contributed by atoms with Gasteiger partial charge in [0.25, 0.3) is 0 Å². The van der Waals surface area contributed by atoms with Crippen molar-refractivity contribution in [2.45, 2.75) is 53.1 Å². The lowest BCUT2D eigenvalue weighted by Gasteiger charge is -2.23. The van der Waals surface area contributed by atoms with E-state index < -0.39 is 0 Å². The van der Waals surface area contributed by atoms with Crippen LogP contribution in [0.5, 0.6) is 0 Å². The van der Waals surface area contributed by atoms with Crippen LogP contribution in [-0.4, -0.2) is 45.2 Å². The molecule has 26 heavy (non-hydrogen) atoms. The van der Waals surface area contributed by atoms with Gasteiger partial charge in [-0.15, -0.1) is 0 Å². The highest BCUT2D eigenvalue weighted by Crippen LogP contribution is 2.30. The summed E-state index contributed by atoms with van der Waals surface area (Å²) in [7, 11) is 1.70. The Morgan fingerprint density at radius 2 is 1.92 bits per heavy atom. The van der Waals surface area contributed by atoms with E-state index in [4.69, 9.17) is 9.47 Å². The Hall–Kier alpha value is -1.59. The Balaban J connectivity index is 0.00000163. The van der Waals surface area contributed by atoms with Gasteiger partial charge in [0.2, 0.25) is 0 Å². The zero-order chi connectivity index (χ0) is 19.4. The van der Waals surface area contributed by atoms with Crippen LogP contribution < -0.4 is 10.6 Å². The van der Waals surface area contributed by atoms with Gasteiger partial charge in [0.05, 0.1) is 17.0 Å². The maximum Gasteiger partial charge on any atom is 0.0972 e. The molecule has 0 amide bonds. The Morgan fingerprint density at radius 3 is 2.54 bits per heavy atom.